The van der Waals surface area contributed by atoms with E-state index in [-0.39, 0.29) is 11.8 Å². The second kappa shape index (κ2) is 5.00. The molecule has 4 aliphatic carbocycles. The molecule has 4 bridgehead atoms. The van der Waals surface area contributed by atoms with Crippen LogP contribution in [0.25, 0.3) is 0 Å². The van der Waals surface area contributed by atoms with Crippen molar-refractivity contribution in [2.45, 2.75) is 49.3 Å². The lowest BCUT2D eigenvalue weighted by Gasteiger charge is -2.70. The number of piperidine rings is 1. The van der Waals surface area contributed by atoms with Crippen LogP contribution in [0.15, 0.2) is 24.3 Å². The number of rotatable bonds is 3. The number of carbonyl (C=O) groups is 1. The van der Waals surface area contributed by atoms with Crippen LogP contribution < -0.4 is 9.47 Å². The summed E-state index contributed by atoms with van der Waals surface area (Å²) in [4.78, 5) is 15.3. The van der Waals surface area contributed by atoms with Crippen LogP contribution in [0.5, 0.6) is 11.5 Å². The van der Waals surface area contributed by atoms with Crippen LogP contribution in [-0.4, -0.2) is 56.2 Å². The zero-order chi connectivity index (χ0) is 21.3. The van der Waals surface area contributed by atoms with Crippen molar-refractivity contribution in [3.8, 4) is 11.5 Å². The molecule has 7 rings (SSSR count). The third-order valence-electron chi connectivity index (χ3n) is 8.24. The summed E-state index contributed by atoms with van der Waals surface area (Å²) in [6, 6.07) is 3.99. The van der Waals surface area contributed by atoms with E-state index in [1.165, 1.54) is 12.5 Å². The third-order valence-corrected chi connectivity index (χ3v) is 8.24. The zero-order valence-electron chi connectivity index (χ0n) is 18.7. The summed E-state index contributed by atoms with van der Waals surface area (Å²) in [6.45, 7) is 2.33. The molecule has 6 aliphatic rings. The van der Waals surface area contributed by atoms with Gasteiger partial charge in [0.05, 0.1) is 18.4 Å². The van der Waals surface area contributed by atoms with E-state index >= 15 is 0 Å². The minimum atomic E-state index is -1.79. The molecule has 5 heteroatoms. The van der Waals surface area contributed by atoms with Crippen LogP contribution in [0, 0.1) is 11.3 Å². The number of carbonyl (C=O) groups excluding carboxylic acids is 1. The average Bonchev–Trinajstić information content (AvgIpc) is 3.06. The van der Waals surface area contributed by atoms with Gasteiger partial charge in [-0.2, -0.15) is 0 Å². The Morgan fingerprint density at radius 1 is 1.36 bits per heavy atom. The van der Waals surface area contributed by atoms with Crippen molar-refractivity contribution < 1.29 is 21.7 Å². The number of Topliss-reactive ketones (excluding diaryl/α,β-unsaturated/α-hetero) is 1. The van der Waals surface area contributed by atoms with Crippen molar-refractivity contribution in [1.29, 1.82) is 0 Å². The normalized spacial score (nSPS) is 47.1. The molecular formula is C23H27NO4. The lowest BCUT2D eigenvalue weighted by molar-refractivity contribution is -0.212. The molecule has 1 aromatic rings. The highest BCUT2D eigenvalue weighted by atomic mass is 16.6. The summed E-state index contributed by atoms with van der Waals surface area (Å²) in [7, 11) is 5.28. The van der Waals surface area contributed by atoms with Crippen LogP contribution in [0.3, 0.4) is 0 Å². The Hall–Kier alpha value is -1.85. The molecule has 5 nitrogen and oxygen atoms in total. The van der Waals surface area contributed by atoms with Gasteiger partial charge in [0.2, 0.25) is 0 Å². The molecule has 28 heavy (non-hydrogen) atoms. The van der Waals surface area contributed by atoms with Gasteiger partial charge in [0.15, 0.2) is 11.5 Å². The first-order valence-corrected chi connectivity index (χ1v) is 10.1. The molecule has 2 fully saturated rings. The smallest absolute Gasteiger partial charge is 0.166 e. The summed E-state index contributed by atoms with van der Waals surface area (Å²) in [5, 5.41) is 0. The second-order valence-electron chi connectivity index (χ2n) is 9.00. The molecule has 0 amide bonds. The molecule has 0 aromatic heterocycles. The van der Waals surface area contributed by atoms with Gasteiger partial charge in [0.25, 0.3) is 0 Å². The Balaban J connectivity index is 1.78. The maximum atomic E-state index is 13.0. The SMILES string of the molecule is [3H]C1([3H])C(C(C)=O)[C@]2(OC)C=C[C@]13[C@H]1Cc4ccc(OC)c5c4[C@@]3(CCN1C)C2O5. The molecule has 0 radical (unpaired) electrons. The fourth-order valence-corrected chi connectivity index (χ4v) is 7.13. The largest absolute Gasteiger partial charge is 0.493 e. The van der Waals surface area contributed by atoms with E-state index in [0.29, 0.717) is 11.5 Å². The number of nitrogens with zero attached hydrogens (tertiary/aromatic N) is 1. The number of hydrogen-bond donors (Lipinski definition) is 0. The Labute approximate surface area is 168 Å². The molecule has 2 unspecified atom stereocenters. The zero-order valence-corrected chi connectivity index (χ0v) is 16.7. The molecule has 1 aromatic carbocycles. The number of benzene rings is 1. The molecule has 2 heterocycles. The van der Waals surface area contributed by atoms with Gasteiger partial charge in [0.1, 0.15) is 17.5 Å². The predicted octanol–water partition coefficient (Wildman–Crippen LogP) is 2.50. The monoisotopic (exact) mass is 385 g/mol. The number of methoxy groups -OCH3 is 2. The second-order valence-corrected chi connectivity index (χ2v) is 9.00. The third kappa shape index (κ3) is 1.49. The van der Waals surface area contributed by atoms with Gasteiger partial charge in [-0.05, 0) is 51.4 Å². The first-order valence-electron chi connectivity index (χ1n) is 11.1. The van der Waals surface area contributed by atoms with Crippen molar-refractivity contribution in [2.24, 2.45) is 11.3 Å². The summed E-state index contributed by atoms with van der Waals surface area (Å²) < 4.78 is 37.4. The molecule has 6 atom stereocenters. The Morgan fingerprint density at radius 3 is 2.89 bits per heavy atom. The summed E-state index contributed by atoms with van der Waals surface area (Å²) in [5.74, 6) is 0.237. The van der Waals surface area contributed by atoms with Crippen LogP contribution in [0.2, 0.25) is 0 Å². The van der Waals surface area contributed by atoms with Gasteiger partial charge in [-0.1, -0.05) is 18.2 Å². The lowest BCUT2D eigenvalue weighted by Crippen LogP contribution is -2.79. The van der Waals surface area contributed by atoms with E-state index < -0.39 is 34.8 Å². The fourth-order valence-electron chi connectivity index (χ4n) is 7.13. The van der Waals surface area contributed by atoms with Gasteiger partial charge in [-0.25, -0.2) is 0 Å². The minimum absolute atomic E-state index is 0.0625. The van der Waals surface area contributed by atoms with Crippen molar-refractivity contribution in [2.75, 3.05) is 27.8 Å². The number of ketones is 1. The van der Waals surface area contributed by atoms with Crippen molar-refractivity contribution in [3.63, 3.8) is 0 Å². The average molecular weight is 385 g/mol. The molecule has 2 spiro atoms. The van der Waals surface area contributed by atoms with Crippen molar-refractivity contribution in [3.05, 3.63) is 35.4 Å². The van der Waals surface area contributed by atoms with Crippen molar-refractivity contribution in [1.82, 2.24) is 4.90 Å². The Bertz CT molecular complexity index is 1020. The quantitative estimate of drug-likeness (QED) is 0.749. The summed E-state index contributed by atoms with van der Waals surface area (Å²) in [5.41, 5.74) is -0.359. The van der Waals surface area contributed by atoms with Gasteiger partial charge < -0.3 is 19.1 Å². The highest BCUT2D eigenvalue weighted by Gasteiger charge is 2.79. The predicted molar refractivity (Wildman–Crippen MR) is 104 cm³/mol. The maximum Gasteiger partial charge on any atom is 0.166 e. The van der Waals surface area contributed by atoms with E-state index in [2.05, 4.69) is 18.0 Å². The van der Waals surface area contributed by atoms with Crippen LogP contribution >= 0.6 is 0 Å². The Morgan fingerprint density at radius 2 is 2.18 bits per heavy atom. The first kappa shape index (κ1) is 15.1. The van der Waals surface area contributed by atoms with E-state index in [4.69, 9.17) is 14.2 Å². The number of likely N-dealkylation sites (tertiary alicyclic amines) is 1. The van der Waals surface area contributed by atoms with Crippen molar-refractivity contribution >= 4 is 5.78 Å². The molecule has 0 N–H and O–H groups in total. The number of hydrogen-bond acceptors (Lipinski definition) is 5. The van der Waals surface area contributed by atoms with Crippen LogP contribution in [0.4, 0.5) is 0 Å². The van der Waals surface area contributed by atoms with Crippen LogP contribution in [-0.2, 0) is 21.4 Å². The van der Waals surface area contributed by atoms with Gasteiger partial charge >= 0.3 is 0 Å². The molecule has 1 saturated carbocycles. The summed E-state index contributed by atoms with van der Waals surface area (Å²) >= 11 is 0. The van der Waals surface area contributed by atoms with Gasteiger partial charge in [-0.3, -0.25) is 4.79 Å². The molecule has 1 saturated heterocycles. The van der Waals surface area contributed by atoms with E-state index in [0.717, 1.165) is 24.9 Å². The molecule has 2 aliphatic heterocycles. The number of likely N-dealkylation sites (N-methyl/N-ethyl adjacent to an activating group) is 1. The topological polar surface area (TPSA) is 48.0 Å². The highest BCUT2D eigenvalue weighted by molar-refractivity contribution is 5.82. The lowest BCUT2D eigenvalue weighted by atomic mass is 9.37. The van der Waals surface area contributed by atoms with Gasteiger partial charge in [-0.15, -0.1) is 0 Å². The first-order chi connectivity index (χ1) is 14.2. The fraction of sp³-hybridized carbons (Fsp3) is 0.609. The summed E-state index contributed by atoms with van der Waals surface area (Å²) in [6.07, 6.45) is 3.20. The highest BCUT2D eigenvalue weighted by Crippen LogP contribution is 2.74. The molecular weight excluding hydrogens is 354 g/mol. The molecule has 148 valence electrons. The maximum absolute atomic E-state index is 13.0. The van der Waals surface area contributed by atoms with Gasteiger partial charge in [0, 0.05) is 26.9 Å². The van der Waals surface area contributed by atoms with E-state index in [9.17, 15) is 7.54 Å². The van der Waals surface area contributed by atoms with E-state index in [1.807, 2.05) is 18.2 Å². The van der Waals surface area contributed by atoms with E-state index in [1.54, 1.807) is 14.2 Å². The standard InChI is InChI=1S/C23H27NO4/c1-13(25)15-12-21-7-8-23(15,27-4)20-22(21)9-10-24(2)17(21)11-14-5-6-16(26-3)19(28-20)18(14)22/h5-8,15,17,20H,9-12H2,1-4H3/t15?,17-,20?,21-,22+,23-/m1/s1/i12T2. The Kier molecular flexibility index (Phi) is 2.69. The van der Waals surface area contributed by atoms with Crippen LogP contribution in [0.1, 0.15) is 33.6 Å². The number of fused-ring (bicyclic) bond motifs is 1. The number of ether oxygens (including phenoxy) is 3. The minimum Gasteiger partial charge on any atom is -0.493 e.